The number of ether oxygens (including phenoxy) is 2. The highest BCUT2D eigenvalue weighted by Gasteiger charge is 2.24. The lowest BCUT2D eigenvalue weighted by Crippen LogP contribution is -2.29. The zero-order valence-corrected chi connectivity index (χ0v) is 13.5. The van der Waals surface area contributed by atoms with E-state index in [0.717, 1.165) is 24.2 Å². The third-order valence-electron chi connectivity index (χ3n) is 4.28. The van der Waals surface area contributed by atoms with Crippen LogP contribution in [0, 0.1) is 0 Å². The van der Waals surface area contributed by atoms with Gasteiger partial charge in [-0.15, -0.1) is 0 Å². The molecule has 1 amide bonds. The van der Waals surface area contributed by atoms with Crippen LogP contribution in [0.2, 0.25) is 0 Å². The Morgan fingerprint density at radius 1 is 1.09 bits per heavy atom. The number of amides is 1. The van der Waals surface area contributed by atoms with E-state index in [0.29, 0.717) is 24.3 Å². The molecule has 0 fully saturated rings. The molecule has 0 N–H and O–H groups in total. The fraction of sp³-hybridized carbons (Fsp3) is 0.316. The number of para-hydroxylation sites is 2. The number of aryl methyl sites for hydroxylation is 1. The molecule has 0 aliphatic carbocycles. The average molecular weight is 311 g/mol. The second kappa shape index (κ2) is 6.73. The van der Waals surface area contributed by atoms with Gasteiger partial charge in [0.25, 0.3) is 0 Å². The summed E-state index contributed by atoms with van der Waals surface area (Å²) in [5.41, 5.74) is 3.29. The minimum Gasteiger partial charge on any atom is -0.493 e. The molecule has 1 aliphatic heterocycles. The maximum Gasteiger partial charge on any atom is 0.227 e. The molecule has 3 rings (SSSR count). The molecular weight excluding hydrogens is 290 g/mol. The smallest absolute Gasteiger partial charge is 0.227 e. The number of rotatable bonds is 5. The van der Waals surface area contributed by atoms with Crippen LogP contribution >= 0.6 is 0 Å². The number of nitrogens with zero attached hydrogens (tertiary/aromatic N) is 1. The van der Waals surface area contributed by atoms with Gasteiger partial charge in [-0.05, 0) is 36.1 Å². The van der Waals surface area contributed by atoms with Gasteiger partial charge >= 0.3 is 0 Å². The Bertz CT molecular complexity index is 712. The molecule has 0 radical (unpaired) electrons. The van der Waals surface area contributed by atoms with Gasteiger partial charge in [-0.2, -0.15) is 0 Å². The van der Waals surface area contributed by atoms with E-state index in [1.54, 1.807) is 14.2 Å². The van der Waals surface area contributed by atoms with Crippen molar-refractivity contribution in [3.8, 4) is 11.5 Å². The molecule has 0 unspecified atom stereocenters. The molecule has 2 aromatic carbocycles. The molecule has 1 heterocycles. The van der Waals surface area contributed by atoms with Crippen molar-refractivity contribution in [1.29, 1.82) is 0 Å². The second-order valence-corrected chi connectivity index (χ2v) is 5.58. The van der Waals surface area contributed by atoms with Crippen molar-refractivity contribution in [2.45, 2.75) is 19.3 Å². The van der Waals surface area contributed by atoms with Crippen molar-refractivity contribution >= 4 is 11.6 Å². The molecule has 4 nitrogen and oxygen atoms in total. The van der Waals surface area contributed by atoms with Gasteiger partial charge in [-0.1, -0.05) is 30.3 Å². The Labute approximate surface area is 136 Å². The first-order valence-corrected chi connectivity index (χ1v) is 7.82. The van der Waals surface area contributed by atoms with Crippen LogP contribution in [0.15, 0.2) is 42.5 Å². The van der Waals surface area contributed by atoms with E-state index in [2.05, 4.69) is 6.07 Å². The Hall–Kier alpha value is -2.49. The lowest BCUT2D eigenvalue weighted by molar-refractivity contribution is -0.118. The van der Waals surface area contributed by atoms with Gasteiger partial charge in [0.2, 0.25) is 5.91 Å². The van der Waals surface area contributed by atoms with Crippen molar-refractivity contribution in [3.05, 3.63) is 53.6 Å². The molecule has 0 atom stereocenters. The summed E-state index contributed by atoms with van der Waals surface area (Å²) in [5.74, 6) is 1.56. The molecule has 4 heteroatoms. The van der Waals surface area contributed by atoms with Gasteiger partial charge in [0.05, 0.1) is 14.2 Å². The quantitative estimate of drug-likeness (QED) is 0.851. The number of carbonyl (C=O) groups is 1. The zero-order chi connectivity index (χ0) is 16.2. The van der Waals surface area contributed by atoms with Crippen molar-refractivity contribution in [2.24, 2.45) is 0 Å². The van der Waals surface area contributed by atoms with Gasteiger partial charge in [0.1, 0.15) is 0 Å². The second-order valence-electron chi connectivity index (χ2n) is 5.58. The summed E-state index contributed by atoms with van der Waals surface area (Å²) in [4.78, 5) is 14.5. The van der Waals surface area contributed by atoms with Crippen LogP contribution in [-0.2, 0) is 17.6 Å². The lowest BCUT2D eigenvalue weighted by Gasteiger charge is -2.18. The van der Waals surface area contributed by atoms with Gasteiger partial charge in [0, 0.05) is 18.7 Å². The van der Waals surface area contributed by atoms with Crippen molar-refractivity contribution < 1.29 is 14.3 Å². The normalized spacial score (nSPS) is 12.9. The first-order chi connectivity index (χ1) is 11.2. The predicted molar refractivity (Wildman–Crippen MR) is 90.4 cm³/mol. The standard InChI is InChI=1S/C19H21NO3/c1-22-17-9-5-7-15(19(17)23-2)10-11-18(21)20-13-12-14-6-3-4-8-16(14)20/h3-9H,10-13H2,1-2H3. The third kappa shape index (κ3) is 3.02. The number of hydrogen-bond donors (Lipinski definition) is 0. The average Bonchev–Trinajstić information content (AvgIpc) is 3.03. The van der Waals surface area contributed by atoms with Gasteiger partial charge < -0.3 is 14.4 Å². The highest BCUT2D eigenvalue weighted by molar-refractivity contribution is 5.95. The molecule has 23 heavy (non-hydrogen) atoms. The van der Waals surface area contributed by atoms with Crippen molar-refractivity contribution in [1.82, 2.24) is 0 Å². The fourth-order valence-corrected chi connectivity index (χ4v) is 3.12. The molecule has 0 saturated carbocycles. The minimum atomic E-state index is 0.153. The van der Waals surface area contributed by atoms with Crippen LogP contribution in [0.1, 0.15) is 17.5 Å². The Kier molecular flexibility index (Phi) is 4.51. The topological polar surface area (TPSA) is 38.8 Å². The lowest BCUT2D eigenvalue weighted by atomic mass is 10.1. The monoisotopic (exact) mass is 311 g/mol. The maximum atomic E-state index is 12.6. The van der Waals surface area contributed by atoms with Crippen molar-refractivity contribution in [2.75, 3.05) is 25.7 Å². The largest absolute Gasteiger partial charge is 0.493 e. The Balaban J connectivity index is 1.71. The summed E-state index contributed by atoms with van der Waals surface area (Å²) in [7, 11) is 3.24. The summed E-state index contributed by atoms with van der Waals surface area (Å²) in [6, 6.07) is 13.9. The number of benzene rings is 2. The van der Waals surface area contributed by atoms with E-state index in [1.165, 1.54) is 5.56 Å². The van der Waals surface area contributed by atoms with E-state index in [-0.39, 0.29) is 5.91 Å². The van der Waals surface area contributed by atoms with Gasteiger partial charge in [-0.25, -0.2) is 0 Å². The van der Waals surface area contributed by atoms with Crippen LogP contribution < -0.4 is 14.4 Å². The van der Waals surface area contributed by atoms with Crippen LogP contribution in [0.5, 0.6) is 11.5 Å². The fourth-order valence-electron chi connectivity index (χ4n) is 3.12. The SMILES string of the molecule is COc1cccc(CCC(=O)N2CCc3ccccc32)c1OC. The summed E-state index contributed by atoms with van der Waals surface area (Å²) in [6.45, 7) is 0.771. The molecular formula is C19H21NO3. The van der Waals surface area contributed by atoms with Crippen LogP contribution in [0.3, 0.4) is 0 Å². The number of carbonyl (C=O) groups excluding carboxylic acids is 1. The highest BCUT2D eigenvalue weighted by Crippen LogP contribution is 2.32. The number of fused-ring (bicyclic) bond motifs is 1. The van der Waals surface area contributed by atoms with Crippen LogP contribution in [0.25, 0.3) is 0 Å². The molecule has 0 bridgehead atoms. The maximum absolute atomic E-state index is 12.6. The number of hydrogen-bond acceptors (Lipinski definition) is 3. The summed E-state index contributed by atoms with van der Waals surface area (Å²) in [6.07, 6.45) is 2.03. The van der Waals surface area contributed by atoms with Crippen LogP contribution in [-0.4, -0.2) is 26.7 Å². The molecule has 2 aromatic rings. The number of methoxy groups -OCH3 is 2. The predicted octanol–water partition coefficient (Wildman–Crippen LogP) is 3.23. The summed E-state index contributed by atoms with van der Waals surface area (Å²) < 4.78 is 10.7. The van der Waals surface area contributed by atoms with E-state index in [1.807, 2.05) is 41.3 Å². The van der Waals surface area contributed by atoms with Gasteiger partial charge in [0.15, 0.2) is 11.5 Å². The van der Waals surface area contributed by atoms with E-state index in [4.69, 9.17) is 9.47 Å². The summed E-state index contributed by atoms with van der Waals surface area (Å²) >= 11 is 0. The highest BCUT2D eigenvalue weighted by atomic mass is 16.5. The number of anilines is 1. The molecule has 1 aliphatic rings. The van der Waals surface area contributed by atoms with E-state index < -0.39 is 0 Å². The molecule has 0 spiro atoms. The van der Waals surface area contributed by atoms with E-state index in [9.17, 15) is 4.79 Å². The first kappa shape index (κ1) is 15.4. The summed E-state index contributed by atoms with van der Waals surface area (Å²) in [5, 5.41) is 0. The molecule has 0 aromatic heterocycles. The Morgan fingerprint density at radius 2 is 1.91 bits per heavy atom. The van der Waals surface area contributed by atoms with Crippen molar-refractivity contribution in [3.63, 3.8) is 0 Å². The zero-order valence-electron chi connectivity index (χ0n) is 13.5. The van der Waals surface area contributed by atoms with E-state index >= 15 is 0 Å². The first-order valence-electron chi connectivity index (χ1n) is 7.82. The third-order valence-corrected chi connectivity index (χ3v) is 4.28. The minimum absolute atomic E-state index is 0.153. The Morgan fingerprint density at radius 3 is 2.70 bits per heavy atom. The van der Waals surface area contributed by atoms with Gasteiger partial charge in [-0.3, -0.25) is 4.79 Å². The molecule has 0 saturated heterocycles. The van der Waals surface area contributed by atoms with Crippen LogP contribution in [0.4, 0.5) is 5.69 Å². The molecule has 120 valence electrons.